The average Bonchev–Trinajstić information content (AvgIpc) is 2.29. The molecule has 0 aliphatic rings. The quantitative estimate of drug-likeness (QED) is 0.427. The van der Waals surface area contributed by atoms with Crippen LogP contribution in [0.15, 0.2) is 11.8 Å². The summed E-state index contributed by atoms with van der Waals surface area (Å²) in [5, 5.41) is 8.62. The minimum atomic E-state index is -0.586. The maximum atomic E-state index is 11.7. The summed E-state index contributed by atoms with van der Waals surface area (Å²) in [5.41, 5.74) is -0.158. The van der Waals surface area contributed by atoms with Crippen LogP contribution < -0.4 is 0 Å². The number of rotatable bonds is 7. The number of methoxy groups -OCH3 is 1. The van der Waals surface area contributed by atoms with E-state index in [-0.39, 0.29) is 30.5 Å². The second-order valence-electron chi connectivity index (χ2n) is 4.85. The van der Waals surface area contributed by atoms with E-state index in [4.69, 9.17) is 19.3 Å². The molecule has 0 saturated carbocycles. The third-order valence-corrected chi connectivity index (χ3v) is 2.24. The summed E-state index contributed by atoms with van der Waals surface area (Å²) in [6.07, 6.45) is 1.35. The first-order valence-electron chi connectivity index (χ1n) is 6.02. The van der Waals surface area contributed by atoms with Crippen molar-refractivity contribution in [3.8, 4) is 0 Å². The molecule has 0 heterocycles. The van der Waals surface area contributed by atoms with Crippen LogP contribution in [0.5, 0.6) is 0 Å². The van der Waals surface area contributed by atoms with Gasteiger partial charge in [0.25, 0.3) is 0 Å². The molecule has 18 heavy (non-hydrogen) atoms. The number of carbonyl (C=O) groups excluding carboxylic acids is 1. The van der Waals surface area contributed by atoms with E-state index < -0.39 is 5.97 Å². The summed E-state index contributed by atoms with van der Waals surface area (Å²) < 4.78 is 15.4. The zero-order valence-corrected chi connectivity index (χ0v) is 11.9. The zero-order valence-electron chi connectivity index (χ0n) is 11.9. The smallest absolute Gasteiger partial charge is 0.373 e. The van der Waals surface area contributed by atoms with Crippen LogP contribution >= 0.6 is 0 Å². The molecule has 106 valence electrons. The highest BCUT2D eigenvalue weighted by atomic mass is 16.6. The van der Waals surface area contributed by atoms with Crippen LogP contribution in [0.2, 0.25) is 0 Å². The van der Waals surface area contributed by atoms with Crippen molar-refractivity contribution < 1.29 is 24.1 Å². The zero-order chi connectivity index (χ0) is 14.2. The summed E-state index contributed by atoms with van der Waals surface area (Å²) in [5.74, 6) is -0.468. The Morgan fingerprint density at radius 2 is 1.94 bits per heavy atom. The first-order chi connectivity index (χ1) is 8.36. The van der Waals surface area contributed by atoms with Crippen LogP contribution in [0.25, 0.3) is 0 Å². The Bertz CT molecular complexity index is 278. The summed E-state index contributed by atoms with van der Waals surface area (Å²) >= 11 is 0. The van der Waals surface area contributed by atoms with E-state index in [9.17, 15) is 4.79 Å². The third kappa shape index (κ3) is 6.02. The molecule has 0 aliphatic heterocycles. The number of aliphatic hydroxyl groups excluding tert-OH is 1. The Balaban J connectivity index is 4.89. The van der Waals surface area contributed by atoms with Crippen molar-refractivity contribution in [2.45, 2.75) is 33.8 Å². The van der Waals surface area contributed by atoms with Gasteiger partial charge in [-0.2, -0.15) is 0 Å². The molecule has 0 aromatic carbocycles. The topological polar surface area (TPSA) is 65.0 Å². The average molecular weight is 260 g/mol. The molecule has 0 aliphatic carbocycles. The van der Waals surface area contributed by atoms with Crippen molar-refractivity contribution in [2.24, 2.45) is 5.41 Å². The summed E-state index contributed by atoms with van der Waals surface area (Å²) in [6, 6.07) is 0. The number of carbonyl (C=O) groups is 1. The van der Waals surface area contributed by atoms with Gasteiger partial charge < -0.3 is 19.3 Å². The van der Waals surface area contributed by atoms with Crippen LogP contribution in [0.1, 0.15) is 27.7 Å². The van der Waals surface area contributed by atoms with Crippen molar-refractivity contribution in [3.63, 3.8) is 0 Å². The predicted octanol–water partition coefficient (Wildman–Crippen LogP) is 1.50. The van der Waals surface area contributed by atoms with Gasteiger partial charge in [0, 0.05) is 7.11 Å². The Morgan fingerprint density at radius 3 is 2.33 bits per heavy atom. The lowest BCUT2D eigenvalue weighted by Crippen LogP contribution is -2.28. The number of hydrogen-bond donors (Lipinski definition) is 1. The van der Waals surface area contributed by atoms with Gasteiger partial charge in [-0.05, 0) is 18.4 Å². The SMILES string of the molecule is CCOC(=CC(OC)C(C)(C)C)C(=O)OCCO. The van der Waals surface area contributed by atoms with E-state index in [1.165, 1.54) is 0 Å². The highest BCUT2D eigenvalue weighted by molar-refractivity contribution is 5.86. The lowest BCUT2D eigenvalue weighted by molar-refractivity contribution is -0.144. The van der Waals surface area contributed by atoms with Crippen molar-refractivity contribution in [2.75, 3.05) is 26.9 Å². The highest BCUT2D eigenvalue weighted by Gasteiger charge is 2.25. The van der Waals surface area contributed by atoms with Crippen molar-refractivity contribution in [3.05, 3.63) is 11.8 Å². The molecule has 5 heteroatoms. The Morgan fingerprint density at radius 1 is 1.33 bits per heavy atom. The van der Waals surface area contributed by atoms with Gasteiger partial charge in [0.1, 0.15) is 6.61 Å². The van der Waals surface area contributed by atoms with E-state index in [1.54, 1.807) is 20.1 Å². The molecule has 0 aromatic heterocycles. The molecule has 0 rings (SSSR count). The van der Waals surface area contributed by atoms with E-state index in [1.807, 2.05) is 20.8 Å². The molecular weight excluding hydrogens is 236 g/mol. The number of aliphatic hydroxyl groups is 1. The van der Waals surface area contributed by atoms with E-state index in [0.29, 0.717) is 6.61 Å². The molecule has 0 aromatic rings. The second kappa shape index (κ2) is 8.11. The number of esters is 1. The van der Waals surface area contributed by atoms with Crippen molar-refractivity contribution in [1.82, 2.24) is 0 Å². The minimum Gasteiger partial charge on any atom is -0.487 e. The van der Waals surface area contributed by atoms with Gasteiger partial charge in [-0.3, -0.25) is 0 Å². The van der Waals surface area contributed by atoms with Crippen molar-refractivity contribution >= 4 is 5.97 Å². The second-order valence-corrected chi connectivity index (χ2v) is 4.85. The van der Waals surface area contributed by atoms with Gasteiger partial charge in [-0.15, -0.1) is 0 Å². The van der Waals surface area contributed by atoms with E-state index in [0.717, 1.165) is 0 Å². The van der Waals surface area contributed by atoms with E-state index in [2.05, 4.69) is 0 Å². The van der Waals surface area contributed by atoms with Crippen LogP contribution in [0.3, 0.4) is 0 Å². The van der Waals surface area contributed by atoms with Crippen molar-refractivity contribution in [1.29, 1.82) is 0 Å². The van der Waals surface area contributed by atoms with Gasteiger partial charge in [0.2, 0.25) is 5.76 Å². The van der Waals surface area contributed by atoms with Gasteiger partial charge in [0.15, 0.2) is 0 Å². The molecular formula is C13H24O5. The molecule has 0 bridgehead atoms. The monoisotopic (exact) mass is 260 g/mol. The molecule has 5 nitrogen and oxygen atoms in total. The molecule has 1 unspecified atom stereocenters. The van der Waals surface area contributed by atoms with Gasteiger partial charge in [-0.1, -0.05) is 20.8 Å². The highest BCUT2D eigenvalue weighted by Crippen LogP contribution is 2.24. The Labute approximate surface area is 109 Å². The summed E-state index contributed by atoms with van der Waals surface area (Å²) in [4.78, 5) is 11.7. The molecule has 0 saturated heterocycles. The Hall–Kier alpha value is -1.07. The fraction of sp³-hybridized carbons (Fsp3) is 0.769. The van der Waals surface area contributed by atoms with Crippen LogP contribution in [0, 0.1) is 5.41 Å². The van der Waals surface area contributed by atoms with Crippen LogP contribution in [-0.2, 0) is 19.0 Å². The van der Waals surface area contributed by atoms with Gasteiger partial charge in [0.05, 0.1) is 19.3 Å². The van der Waals surface area contributed by atoms with Crippen LogP contribution in [0.4, 0.5) is 0 Å². The molecule has 1 N–H and O–H groups in total. The maximum absolute atomic E-state index is 11.7. The standard InChI is InChI=1S/C13H24O5/c1-6-17-10(12(15)18-8-7-14)9-11(16-5)13(2,3)4/h9,11,14H,6-8H2,1-5H3. The summed E-state index contributed by atoms with van der Waals surface area (Å²) in [6.45, 7) is 7.89. The number of hydrogen-bond acceptors (Lipinski definition) is 5. The van der Waals surface area contributed by atoms with Gasteiger partial charge >= 0.3 is 5.97 Å². The normalized spacial score (nSPS) is 14.2. The number of ether oxygens (including phenoxy) is 3. The fourth-order valence-corrected chi connectivity index (χ4v) is 1.35. The molecule has 1 atom stereocenters. The van der Waals surface area contributed by atoms with Gasteiger partial charge in [-0.25, -0.2) is 4.79 Å². The fourth-order valence-electron chi connectivity index (χ4n) is 1.35. The first-order valence-corrected chi connectivity index (χ1v) is 6.02. The Kier molecular flexibility index (Phi) is 7.62. The predicted molar refractivity (Wildman–Crippen MR) is 68.0 cm³/mol. The minimum absolute atomic E-state index is 0.0452. The lowest BCUT2D eigenvalue weighted by atomic mass is 9.88. The lowest BCUT2D eigenvalue weighted by Gasteiger charge is -2.27. The van der Waals surface area contributed by atoms with E-state index >= 15 is 0 Å². The molecule has 0 spiro atoms. The molecule has 0 amide bonds. The largest absolute Gasteiger partial charge is 0.487 e. The van der Waals surface area contributed by atoms with Crippen LogP contribution in [-0.4, -0.2) is 44.1 Å². The molecule has 0 radical (unpaired) electrons. The molecule has 0 fully saturated rings. The maximum Gasteiger partial charge on any atom is 0.373 e. The summed E-state index contributed by atoms with van der Waals surface area (Å²) in [7, 11) is 1.58. The third-order valence-electron chi connectivity index (χ3n) is 2.24. The first kappa shape index (κ1) is 16.9.